The normalized spacial score (nSPS) is 20.8. The SMILES string of the molecule is C=C/C=C(\C=C/C)S1(C(/C=C\C)=C/C=C)/C(=C/C)c2c(C=C)c(C=C)c(C=C)n2-c2ccccc21. The molecule has 0 fully saturated rings. The molecule has 35 heavy (non-hydrogen) atoms. The fraction of sp³-hybridized carbons (Fsp3) is 0.0909. The molecule has 0 aliphatic carbocycles. The molecule has 0 spiro atoms. The van der Waals surface area contributed by atoms with Crippen LogP contribution in [0.1, 0.15) is 43.3 Å². The van der Waals surface area contributed by atoms with Crippen LogP contribution in [0, 0.1) is 0 Å². The topological polar surface area (TPSA) is 4.93 Å². The van der Waals surface area contributed by atoms with Gasteiger partial charge in [0.15, 0.2) is 0 Å². The number of rotatable bonds is 9. The molecule has 0 unspecified atom stereocenters. The molecule has 0 bridgehead atoms. The number of nitrogens with zero attached hydrogens (tertiary/aromatic N) is 1. The molecule has 1 aliphatic rings. The summed E-state index contributed by atoms with van der Waals surface area (Å²) in [6, 6.07) is 8.68. The fourth-order valence-electron chi connectivity index (χ4n) is 4.94. The predicted molar refractivity (Wildman–Crippen MR) is 162 cm³/mol. The largest absolute Gasteiger partial charge is 0.307 e. The molecule has 178 valence electrons. The molecule has 1 aromatic carbocycles. The first-order valence-electron chi connectivity index (χ1n) is 11.7. The Morgan fingerprint density at radius 2 is 1.34 bits per heavy atom. The van der Waals surface area contributed by atoms with Crippen LogP contribution in [0.15, 0.2) is 127 Å². The van der Waals surface area contributed by atoms with Gasteiger partial charge in [-0.3, -0.25) is 0 Å². The Balaban J connectivity index is 2.78. The molecule has 0 saturated heterocycles. The highest BCUT2D eigenvalue weighted by Crippen LogP contribution is 2.79. The quantitative estimate of drug-likeness (QED) is 0.317. The second-order valence-corrected chi connectivity index (χ2v) is 10.9. The van der Waals surface area contributed by atoms with E-state index in [4.69, 9.17) is 0 Å². The third-order valence-electron chi connectivity index (χ3n) is 6.08. The number of fused-ring (bicyclic) bond motifs is 3. The van der Waals surface area contributed by atoms with Crippen LogP contribution in [-0.4, -0.2) is 4.57 Å². The number of benzene rings is 1. The van der Waals surface area contributed by atoms with Gasteiger partial charge in [0.2, 0.25) is 0 Å². The van der Waals surface area contributed by atoms with Crippen LogP contribution in [0.5, 0.6) is 0 Å². The minimum Gasteiger partial charge on any atom is -0.307 e. The molecule has 2 heteroatoms. The van der Waals surface area contributed by atoms with E-state index in [9.17, 15) is 0 Å². The Labute approximate surface area is 212 Å². The van der Waals surface area contributed by atoms with Crippen molar-refractivity contribution in [1.82, 2.24) is 4.57 Å². The molecule has 1 aliphatic heterocycles. The van der Waals surface area contributed by atoms with Gasteiger partial charge in [0.1, 0.15) is 0 Å². The van der Waals surface area contributed by atoms with Crippen LogP contribution in [-0.2, 0) is 0 Å². The lowest BCUT2D eigenvalue weighted by Gasteiger charge is -2.49. The predicted octanol–water partition coefficient (Wildman–Crippen LogP) is 10.2. The highest BCUT2D eigenvalue weighted by atomic mass is 32.3. The van der Waals surface area contributed by atoms with Gasteiger partial charge in [-0.15, -0.1) is 10.0 Å². The average Bonchev–Trinajstić information content (AvgIpc) is 3.21. The van der Waals surface area contributed by atoms with E-state index in [0.717, 1.165) is 28.2 Å². The van der Waals surface area contributed by atoms with Gasteiger partial charge in [-0.2, -0.15) is 0 Å². The Kier molecular flexibility index (Phi) is 8.22. The Morgan fingerprint density at radius 1 is 0.771 bits per heavy atom. The third kappa shape index (κ3) is 3.84. The van der Waals surface area contributed by atoms with Crippen LogP contribution in [0.4, 0.5) is 0 Å². The first kappa shape index (κ1) is 25.9. The number of hydrogen-bond acceptors (Lipinski definition) is 0. The number of para-hydroxylation sites is 1. The van der Waals surface area contributed by atoms with Crippen LogP contribution >= 0.6 is 10.0 Å². The number of hydrogen-bond donors (Lipinski definition) is 0. The second-order valence-electron chi connectivity index (χ2n) is 7.85. The van der Waals surface area contributed by atoms with E-state index in [0.29, 0.717) is 0 Å². The molecular weight excluding hydrogens is 442 g/mol. The van der Waals surface area contributed by atoms with Crippen molar-refractivity contribution in [3.05, 3.63) is 144 Å². The lowest BCUT2D eigenvalue weighted by atomic mass is 10.1. The van der Waals surface area contributed by atoms with E-state index in [-0.39, 0.29) is 0 Å². The minimum absolute atomic E-state index is 1.02. The molecule has 2 heterocycles. The van der Waals surface area contributed by atoms with Crippen molar-refractivity contribution in [2.45, 2.75) is 25.7 Å². The summed E-state index contributed by atoms with van der Waals surface area (Å²) >= 11 is 0. The molecule has 3 rings (SSSR count). The number of allylic oxidation sites excluding steroid dienone is 9. The van der Waals surface area contributed by atoms with Crippen LogP contribution in [0.2, 0.25) is 0 Å². The van der Waals surface area contributed by atoms with E-state index in [1.165, 1.54) is 19.6 Å². The first-order chi connectivity index (χ1) is 17.1. The smallest absolute Gasteiger partial charge is 0.0668 e. The van der Waals surface area contributed by atoms with Gasteiger partial charge in [-0.25, -0.2) is 0 Å². The zero-order chi connectivity index (χ0) is 25.6. The molecule has 0 N–H and O–H groups in total. The van der Waals surface area contributed by atoms with Crippen molar-refractivity contribution < 1.29 is 0 Å². The van der Waals surface area contributed by atoms with Gasteiger partial charge in [0, 0.05) is 30.7 Å². The van der Waals surface area contributed by atoms with Gasteiger partial charge < -0.3 is 4.57 Å². The van der Waals surface area contributed by atoms with Crippen LogP contribution in [0.3, 0.4) is 0 Å². The summed E-state index contributed by atoms with van der Waals surface area (Å²) in [6.45, 7) is 26.9. The van der Waals surface area contributed by atoms with Gasteiger partial charge >= 0.3 is 0 Å². The zero-order valence-corrected chi connectivity index (χ0v) is 21.9. The molecule has 0 amide bonds. The van der Waals surface area contributed by atoms with Crippen molar-refractivity contribution in [2.75, 3.05) is 0 Å². The summed E-state index contributed by atoms with van der Waals surface area (Å²) in [6.07, 6.45) is 24.7. The summed E-state index contributed by atoms with van der Waals surface area (Å²) in [4.78, 5) is 4.89. The van der Waals surface area contributed by atoms with Gasteiger partial charge in [-0.1, -0.05) is 99.7 Å². The van der Waals surface area contributed by atoms with E-state index in [1.54, 1.807) is 0 Å². The molecule has 0 radical (unpaired) electrons. The van der Waals surface area contributed by atoms with Crippen LogP contribution < -0.4 is 0 Å². The fourth-order valence-corrected chi connectivity index (χ4v) is 9.35. The van der Waals surface area contributed by atoms with Gasteiger partial charge in [0.25, 0.3) is 0 Å². The summed E-state index contributed by atoms with van der Waals surface area (Å²) in [5.74, 6) is 0. The van der Waals surface area contributed by atoms with Crippen molar-refractivity contribution in [3.63, 3.8) is 0 Å². The van der Waals surface area contributed by atoms with E-state index in [2.05, 4.69) is 125 Å². The highest BCUT2D eigenvalue weighted by Gasteiger charge is 2.44. The Hall–Kier alpha value is -3.75. The molecule has 2 aromatic rings. The zero-order valence-electron chi connectivity index (χ0n) is 21.1. The van der Waals surface area contributed by atoms with Crippen LogP contribution in [0.25, 0.3) is 28.8 Å². The maximum atomic E-state index is 4.20. The molecule has 0 saturated carbocycles. The first-order valence-corrected chi connectivity index (χ1v) is 13.4. The monoisotopic (exact) mass is 477 g/mol. The van der Waals surface area contributed by atoms with Crippen molar-refractivity contribution in [2.24, 2.45) is 0 Å². The maximum Gasteiger partial charge on any atom is 0.0668 e. The lowest BCUT2D eigenvalue weighted by Crippen LogP contribution is -2.19. The van der Waals surface area contributed by atoms with E-state index in [1.807, 2.05) is 30.4 Å². The highest BCUT2D eigenvalue weighted by molar-refractivity contribution is 8.47. The third-order valence-corrected chi connectivity index (χ3v) is 10.1. The van der Waals surface area contributed by atoms with Crippen molar-refractivity contribution in [3.8, 4) is 5.69 Å². The summed E-state index contributed by atoms with van der Waals surface area (Å²) in [7, 11) is -1.91. The summed E-state index contributed by atoms with van der Waals surface area (Å²) < 4.78 is 2.32. The Morgan fingerprint density at radius 3 is 1.80 bits per heavy atom. The molecule has 0 atom stereocenters. The number of aromatic nitrogens is 1. The lowest BCUT2D eigenvalue weighted by molar-refractivity contribution is 0.996. The van der Waals surface area contributed by atoms with Crippen molar-refractivity contribution >= 4 is 33.2 Å². The summed E-state index contributed by atoms with van der Waals surface area (Å²) in [5.41, 5.74) is 5.37. The maximum absolute atomic E-state index is 4.20. The van der Waals surface area contributed by atoms with Gasteiger partial charge in [-0.05, 0) is 51.1 Å². The molecule has 1 nitrogen and oxygen atoms in total. The molecule has 1 aromatic heterocycles. The summed E-state index contributed by atoms with van der Waals surface area (Å²) in [5, 5.41) is 0. The van der Waals surface area contributed by atoms with E-state index < -0.39 is 10.0 Å². The van der Waals surface area contributed by atoms with Gasteiger partial charge in [0.05, 0.1) is 17.1 Å². The van der Waals surface area contributed by atoms with E-state index >= 15 is 0 Å². The standard InChI is InChI=1S/C33H35NS/c1-9-19-25(20-10-2)35(26(21-11-3)22-12-4)31(16-8)33-28(14-6)27(13-5)29(15-7)34(33)30-23-17-18-24-32(30)35/h9-24H,1,3,5-7H2,2,4,8H3/b20-10-,22-12-,25-19+,26-21+,31-16+. The minimum atomic E-state index is -1.91. The van der Waals surface area contributed by atoms with Crippen molar-refractivity contribution in [1.29, 1.82) is 0 Å². The Bertz CT molecular complexity index is 1310. The second kappa shape index (κ2) is 11.1. The average molecular weight is 478 g/mol. The molecular formula is C33H35NS.